The summed E-state index contributed by atoms with van der Waals surface area (Å²) >= 11 is 0. The van der Waals surface area contributed by atoms with Gasteiger partial charge in [0.05, 0.1) is 15.9 Å². The molecule has 15 heteroatoms. The predicted octanol–water partition coefficient (Wildman–Crippen LogP) is -0.178. The Morgan fingerprint density at radius 2 is 1.78 bits per heavy atom. The third kappa shape index (κ3) is 6.45. The summed E-state index contributed by atoms with van der Waals surface area (Å²) < 4.78 is 32.2. The molecule has 37 heavy (non-hydrogen) atoms. The Morgan fingerprint density at radius 1 is 1.16 bits per heavy atom. The number of nitrogens with two attached hydrogens (primary N) is 1. The van der Waals surface area contributed by atoms with Crippen molar-refractivity contribution < 1.29 is 37.3 Å². The zero-order chi connectivity index (χ0) is 27.3. The molecular formula is C22H23N5O9S. The maximum absolute atomic E-state index is 13.0. The predicted molar refractivity (Wildman–Crippen MR) is 126 cm³/mol. The molecule has 2 aromatic carbocycles. The Balaban J connectivity index is 1.72. The van der Waals surface area contributed by atoms with E-state index in [1.54, 1.807) is 30.3 Å². The van der Waals surface area contributed by atoms with Crippen LogP contribution in [0.25, 0.3) is 0 Å². The zero-order valence-corrected chi connectivity index (χ0v) is 20.2. The Bertz CT molecular complexity index is 1320. The zero-order valence-electron chi connectivity index (χ0n) is 19.4. The van der Waals surface area contributed by atoms with Crippen LogP contribution < -0.4 is 15.8 Å². The average molecular weight is 534 g/mol. The highest BCUT2D eigenvalue weighted by atomic mass is 32.2. The van der Waals surface area contributed by atoms with Gasteiger partial charge < -0.3 is 15.8 Å². The Labute approximate surface area is 211 Å². The summed E-state index contributed by atoms with van der Waals surface area (Å²) in [4.78, 5) is 60.2. The number of hydrogen-bond acceptors (Lipinski definition) is 9. The fourth-order valence-corrected chi connectivity index (χ4v) is 4.70. The molecule has 3 rings (SSSR count). The molecule has 14 nitrogen and oxygen atoms in total. The third-order valence-corrected chi connectivity index (χ3v) is 6.97. The van der Waals surface area contributed by atoms with Gasteiger partial charge in [-0.25, -0.2) is 18.1 Å². The second kappa shape index (κ2) is 11.1. The van der Waals surface area contributed by atoms with Crippen LogP contribution in [0.5, 0.6) is 0 Å². The second-order valence-corrected chi connectivity index (χ2v) is 9.76. The molecule has 2 aromatic rings. The summed E-state index contributed by atoms with van der Waals surface area (Å²) in [5, 5.41) is 13.2. The van der Waals surface area contributed by atoms with Gasteiger partial charge in [-0.1, -0.05) is 30.3 Å². The van der Waals surface area contributed by atoms with Gasteiger partial charge in [0, 0.05) is 18.6 Å². The van der Waals surface area contributed by atoms with Gasteiger partial charge in [0.1, 0.15) is 12.6 Å². The van der Waals surface area contributed by atoms with E-state index in [-0.39, 0.29) is 17.0 Å². The third-order valence-electron chi connectivity index (χ3n) is 5.42. The lowest BCUT2D eigenvalue weighted by atomic mass is 10.0. The van der Waals surface area contributed by atoms with E-state index in [0.29, 0.717) is 10.5 Å². The topological polar surface area (TPSA) is 208 Å². The average Bonchev–Trinajstić information content (AvgIpc) is 3.24. The molecular weight excluding hydrogens is 510 g/mol. The normalized spacial score (nSPS) is 16.9. The molecule has 1 aliphatic rings. The van der Waals surface area contributed by atoms with Gasteiger partial charge in [0.2, 0.25) is 21.8 Å². The fraction of sp³-hybridized carbons (Fsp3) is 0.273. The van der Waals surface area contributed by atoms with E-state index in [1.807, 2.05) is 0 Å². The van der Waals surface area contributed by atoms with E-state index in [9.17, 15) is 37.7 Å². The van der Waals surface area contributed by atoms with Gasteiger partial charge in [-0.15, -0.1) is 0 Å². The first-order valence-corrected chi connectivity index (χ1v) is 12.3. The van der Waals surface area contributed by atoms with Crippen molar-refractivity contribution in [3.63, 3.8) is 0 Å². The first kappa shape index (κ1) is 27.2. The number of sulfonamides is 1. The summed E-state index contributed by atoms with van der Waals surface area (Å²) in [6.45, 7) is 0.627. The van der Waals surface area contributed by atoms with Gasteiger partial charge in [0.25, 0.3) is 11.6 Å². The van der Waals surface area contributed by atoms with Gasteiger partial charge in [0.15, 0.2) is 6.04 Å². The highest BCUT2D eigenvalue weighted by Gasteiger charge is 2.45. The van der Waals surface area contributed by atoms with Crippen molar-refractivity contribution in [3.8, 4) is 0 Å². The number of benzene rings is 2. The van der Waals surface area contributed by atoms with E-state index in [0.717, 1.165) is 31.2 Å². The molecule has 0 aliphatic carbocycles. The molecule has 4 N–H and O–H groups in total. The lowest BCUT2D eigenvalue weighted by Gasteiger charge is -2.24. The smallest absolute Gasteiger partial charge is 0.417 e. The minimum atomic E-state index is -4.33. The lowest BCUT2D eigenvalue weighted by molar-refractivity contribution is -0.384. The van der Waals surface area contributed by atoms with Crippen LogP contribution in [-0.2, 0) is 35.6 Å². The van der Waals surface area contributed by atoms with Crippen molar-refractivity contribution in [2.45, 2.75) is 36.4 Å². The number of carbonyl (C=O) groups is 4. The van der Waals surface area contributed by atoms with Gasteiger partial charge >= 0.3 is 6.09 Å². The molecule has 1 heterocycles. The van der Waals surface area contributed by atoms with Crippen LogP contribution in [0.4, 0.5) is 10.5 Å². The van der Waals surface area contributed by atoms with Gasteiger partial charge in [-0.2, -0.15) is 4.72 Å². The number of cyclic esters (lactones) is 1. The van der Waals surface area contributed by atoms with Crippen molar-refractivity contribution in [2.24, 2.45) is 5.73 Å². The van der Waals surface area contributed by atoms with E-state index in [2.05, 4.69) is 10.0 Å². The first-order chi connectivity index (χ1) is 17.4. The number of carbonyl (C=O) groups excluding carboxylic acids is 4. The molecule has 0 aromatic heterocycles. The summed E-state index contributed by atoms with van der Waals surface area (Å²) in [7, 11) is -4.33. The van der Waals surface area contributed by atoms with Crippen LogP contribution in [0.1, 0.15) is 12.5 Å². The Hall–Kier alpha value is -4.37. The number of non-ortho nitro benzene ring substituents is 1. The minimum absolute atomic E-state index is 0.0584. The molecule has 0 bridgehead atoms. The summed E-state index contributed by atoms with van der Waals surface area (Å²) in [6, 6.07) is 8.43. The molecule has 0 spiro atoms. The van der Waals surface area contributed by atoms with E-state index < -0.39 is 63.5 Å². The quantitative estimate of drug-likeness (QED) is 0.273. The number of hydrogen-bond donors (Lipinski definition) is 3. The number of nitro groups is 1. The van der Waals surface area contributed by atoms with Gasteiger partial charge in [-0.05, 0) is 24.6 Å². The number of nitro benzene ring substituents is 1. The van der Waals surface area contributed by atoms with Crippen LogP contribution in [-0.4, -0.2) is 66.8 Å². The molecule has 3 atom stereocenters. The minimum Gasteiger partial charge on any atom is -0.446 e. The second-order valence-electron chi connectivity index (χ2n) is 8.05. The number of ether oxygens (including phenoxy) is 1. The largest absolute Gasteiger partial charge is 0.446 e. The maximum Gasteiger partial charge on any atom is 0.417 e. The first-order valence-electron chi connectivity index (χ1n) is 10.8. The fourth-order valence-electron chi connectivity index (χ4n) is 3.51. The number of amides is 4. The van der Waals surface area contributed by atoms with Crippen LogP contribution in [0.3, 0.4) is 0 Å². The highest BCUT2D eigenvalue weighted by molar-refractivity contribution is 7.89. The van der Waals surface area contributed by atoms with Crippen molar-refractivity contribution >= 4 is 39.5 Å². The van der Waals surface area contributed by atoms with Crippen molar-refractivity contribution in [3.05, 3.63) is 70.3 Å². The highest BCUT2D eigenvalue weighted by Crippen LogP contribution is 2.18. The van der Waals surface area contributed by atoms with Crippen molar-refractivity contribution in [1.82, 2.24) is 14.9 Å². The monoisotopic (exact) mass is 533 g/mol. The number of nitrogens with zero attached hydrogens (tertiary/aromatic N) is 2. The maximum atomic E-state index is 13.0. The number of rotatable bonds is 10. The standard InChI is InChI=1S/C22H23N5O9S/c1-13(25-37(34,35)16-9-7-15(8-10-16)27(32)33)21(30)26-18(12-36-22(26)31)20(29)24-17(19(23)28)11-14-5-3-2-4-6-14/h2-10,13,17-18,25H,11-12H2,1H3,(H2,23,28)(H,24,29)/t13-,17-,18-/m0/s1. The van der Waals surface area contributed by atoms with Crippen LogP contribution in [0.2, 0.25) is 0 Å². The summed E-state index contributed by atoms with van der Waals surface area (Å²) in [6.07, 6.45) is -1.12. The molecule has 0 saturated carbocycles. The lowest BCUT2D eigenvalue weighted by Crippen LogP contribution is -2.57. The molecule has 0 radical (unpaired) electrons. The van der Waals surface area contributed by atoms with Crippen molar-refractivity contribution in [1.29, 1.82) is 0 Å². The molecule has 4 amide bonds. The number of nitrogens with one attached hydrogen (secondary N) is 2. The Kier molecular flexibility index (Phi) is 8.19. The summed E-state index contributed by atoms with van der Waals surface area (Å²) in [5.74, 6) is -2.83. The molecule has 196 valence electrons. The summed E-state index contributed by atoms with van der Waals surface area (Å²) in [5.41, 5.74) is 5.77. The molecule has 1 aliphatic heterocycles. The molecule has 1 fully saturated rings. The van der Waals surface area contributed by atoms with Crippen LogP contribution in [0, 0.1) is 10.1 Å². The van der Waals surface area contributed by atoms with E-state index >= 15 is 0 Å². The Morgan fingerprint density at radius 3 is 2.35 bits per heavy atom. The molecule has 1 saturated heterocycles. The van der Waals surface area contributed by atoms with Crippen molar-refractivity contribution in [2.75, 3.05) is 6.61 Å². The SMILES string of the molecule is C[C@H](NS(=O)(=O)c1ccc([N+](=O)[O-])cc1)C(=O)N1C(=O)OC[C@H]1C(=O)N[C@@H](Cc1ccccc1)C(N)=O. The van der Waals surface area contributed by atoms with Gasteiger partial charge in [-0.3, -0.25) is 24.5 Å². The molecule has 0 unspecified atom stereocenters. The number of imide groups is 1. The van der Waals surface area contributed by atoms with Crippen LogP contribution >= 0.6 is 0 Å². The van der Waals surface area contributed by atoms with E-state index in [1.165, 1.54) is 0 Å². The number of primary amides is 1. The van der Waals surface area contributed by atoms with Crippen LogP contribution in [0.15, 0.2) is 59.5 Å². The van der Waals surface area contributed by atoms with E-state index in [4.69, 9.17) is 10.5 Å².